The number of rotatable bonds is 8. The van der Waals surface area contributed by atoms with Crippen molar-refractivity contribution in [3.05, 3.63) is 16.1 Å². The van der Waals surface area contributed by atoms with Crippen molar-refractivity contribution in [3.8, 4) is 0 Å². The minimum atomic E-state index is 0.539. The van der Waals surface area contributed by atoms with Crippen LogP contribution in [0.25, 0.3) is 0 Å². The monoisotopic (exact) mass is 329 g/mol. The number of unbranched alkanes of at least 4 members (excludes halogenated alkanes) is 1. The number of hydrogen-bond donors (Lipinski definition) is 0. The van der Waals surface area contributed by atoms with Gasteiger partial charge in [-0.05, 0) is 39.2 Å². The largest absolute Gasteiger partial charge is 0.301 e. The summed E-state index contributed by atoms with van der Waals surface area (Å²) in [5.41, 5.74) is 1.03. The van der Waals surface area contributed by atoms with Gasteiger partial charge in [0.05, 0.1) is 16.6 Å². The highest BCUT2D eigenvalue weighted by Gasteiger charge is 2.19. The first kappa shape index (κ1) is 17.2. The number of piperazine rings is 1. The van der Waals surface area contributed by atoms with Crippen LogP contribution in [0.1, 0.15) is 43.8 Å². The second-order valence-corrected chi connectivity index (χ2v) is 7.17. The number of nitrogens with zero attached hydrogens (tertiary/aromatic N) is 3. The molecular formula is C16H28ClN3S. The Morgan fingerprint density at radius 2 is 2.05 bits per heavy atom. The van der Waals surface area contributed by atoms with Crippen molar-refractivity contribution in [1.29, 1.82) is 0 Å². The fourth-order valence-electron chi connectivity index (χ4n) is 2.82. The first-order valence-electron chi connectivity index (χ1n) is 8.18. The Balaban J connectivity index is 1.57. The van der Waals surface area contributed by atoms with Crippen molar-refractivity contribution in [3.63, 3.8) is 0 Å². The Morgan fingerprint density at radius 1 is 1.29 bits per heavy atom. The van der Waals surface area contributed by atoms with Gasteiger partial charge in [0.15, 0.2) is 0 Å². The van der Waals surface area contributed by atoms with Gasteiger partial charge in [-0.1, -0.05) is 6.92 Å². The van der Waals surface area contributed by atoms with Crippen LogP contribution in [0.15, 0.2) is 5.38 Å². The van der Waals surface area contributed by atoms with Crippen LogP contribution in [0.2, 0.25) is 0 Å². The Hall–Kier alpha value is -0.160. The summed E-state index contributed by atoms with van der Waals surface area (Å²) in [4.78, 5) is 9.76. The molecule has 5 heteroatoms. The van der Waals surface area contributed by atoms with Crippen LogP contribution >= 0.6 is 22.9 Å². The molecule has 1 aliphatic rings. The molecule has 2 heterocycles. The van der Waals surface area contributed by atoms with E-state index in [1.807, 2.05) is 0 Å². The van der Waals surface area contributed by atoms with E-state index in [2.05, 4.69) is 34.0 Å². The Morgan fingerprint density at radius 3 is 2.67 bits per heavy atom. The highest BCUT2D eigenvalue weighted by atomic mass is 35.5. The third-order valence-corrected chi connectivity index (χ3v) is 5.70. The molecular weight excluding hydrogens is 302 g/mol. The lowest BCUT2D eigenvalue weighted by Gasteiger charge is -2.37. The van der Waals surface area contributed by atoms with E-state index in [0.29, 0.717) is 5.88 Å². The van der Waals surface area contributed by atoms with Crippen LogP contribution in [0.5, 0.6) is 0 Å². The van der Waals surface area contributed by atoms with Gasteiger partial charge in [-0.2, -0.15) is 0 Å². The van der Waals surface area contributed by atoms with Gasteiger partial charge in [-0.3, -0.25) is 4.90 Å². The van der Waals surface area contributed by atoms with Crippen LogP contribution in [0.4, 0.5) is 0 Å². The molecule has 2 rings (SSSR count). The smallest absolute Gasteiger partial charge is 0.0928 e. The van der Waals surface area contributed by atoms with Gasteiger partial charge in [-0.25, -0.2) is 4.98 Å². The Kier molecular flexibility index (Phi) is 7.44. The number of halogens is 1. The molecule has 0 amide bonds. The molecule has 3 nitrogen and oxygen atoms in total. The van der Waals surface area contributed by atoms with Crippen molar-refractivity contribution in [1.82, 2.24) is 14.8 Å². The summed E-state index contributed by atoms with van der Waals surface area (Å²) in [5.74, 6) is 0.539. The second kappa shape index (κ2) is 9.09. The highest BCUT2D eigenvalue weighted by molar-refractivity contribution is 7.09. The lowest BCUT2D eigenvalue weighted by atomic mass is 10.1. The Bertz CT molecular complexity index is 402. The molecule has 0 N–H and O–H groups in total. The maximum Gasteiger partial charge on any atom is 0.0928 e. The molecule has 1 saturated heterocycles. The van der Waals surface area contributed by atoms with Gasteiger partial charge < -0.3 is 4.90 Å². The van der Waals surface area contributed by atoms with Crippen molar-refractivity contribution in [2.75, 3.05) is 32.7 Å². The molecule has 21 heavy (non-hydrogen) atoms. The molecule has 0 saturated carbocycles. The van der Waals surface area contributed by atoms with Crippen molar-refractivity contribution < 1.29 is 0 Å². The average Bonchev–Trinajstić information content (AvgIpc) is 2.99. The standard InChI is InChI=1S/C16H28ClN3S/c1-3-14(2)20-10-8-19(9-11-20)7-5-4-6-16-18-15(12-17)13-21-16/h13-14H,3-12H2,1-2H3. The number of aryl methyl sites for hydroxylation is 1. The molecule has 1 atom stereocenters. The molecule has 120 valence electrons. The van der Waals surface area contributed by atoms with Crippen molar-refractivity contribution in [2.45, 2.75) is 51.5 Å². The molecule has 0 bridgehead atoms. The molecule has 1 unspecified atom stereocenters. The van der Waals surface area contributed by atoms with Crippen molar-refractivity contribution in [2.24, 2.45) is 0 Å². The average molecular weight is 330 g/mol. The van der Waals surface area contributed by atoms with Gasteiger partial charge in [0.25, 0.3) is 0 Å². The topological polar surface area (TPSA) is 19.4 Å². The lowest BCUT2D eigenvalue weighted by molar-refractivity contribution is 0.0996. The summed E-state index contributed by atoms with van der Waals surface area (Å²) in [7, 11) is 0. The summed E-state index contributed by atoms with van der Waals surface area (Å²) in [5, 5.41) is 3.32. The molecule has 0 aromatic carbocycles. The van der Waals surface area contributed by atoms with E-state index in [9.17, 15) is 0 Å². The second-order valence-electron chi connectivity index (χ2n) is 5.96. The van der Waals surface area contributed by atoms with Gasteiger partial charge in [-0.15, -0.1) is 22.9 Å². The third kappa shape index (κ3) is 5.51. The number of thiazole rings is 1. The predicted molar refractivity (Wildman–Crippen MR) is 92.4 cm³/mol. The van der Waals surface area contributed by atoms with Crippen LogP contribution in [-0.2, 0) is 12.3 Å². The SMILES string of the molecule is CCC(C)N1CCN(CCCCc2nc(CCl)cs2)CC1. The summed E-state index contributed by atoms with van der Waals surface area (Å²) >= 11 is 7.53. The van der Waals surface area contributed by atoms with Crippen LogP contribution in [0.3, 0.4) is 0 Å². The fraction of sp³-hybridized carbons (Fsp3) is 0.812. The maximum absolute atomic E-state index is 5.78. The summed E-state index contributed by atoms with van der Waals surface area (Å²) in [6, 6.07) is 0.744. The zero-order valence-electron chi connectivity index (χ0n) is 13.4. The van der Waals surface area contributed by atoms with E-state index in [-0.39, 0.29) is 0 Å². The first-order valence-corrected chi connectivity index (χ1v) is 9.60. The normalized spacial score (nSPS) is 19.0. The molecule has 1 aliphatic heterocycles. The third-order valence-electron chi connectivity index (χ3n) is 4.47. The first-order chi connectivity index (χ1) is 10.2. The molecule has 1 aromatic heterocycles. The zero-order valence-corrected chi connectivity index (χ0v) is 14.9. The summed E-state index contributed by atoms with van der Waals surface area (Å²) in [6.07, 6.45) is 4.88. The molecule has 0 radical (unpaired) electrons. The van der Waals surface area contributed by atoms with E-state index in [1.165, 1.54) is 57.0 Å². The predicted octanol–water partition coefficient (Wildman–Crippen LogP) is 3.62. The van der Waals surface area contributed by atoms with Gasteiger partial charge in [0.2, 0.25) is 0 Å². The number of aromatic nitrogens is 1. The molecule has 1 aromatic rings. The van der Waals surface area contributed by atoms with Gasteiger partial charge >= 0.3 is 0 Å². The van der Waals surface area contributed by atoms with E-state index >= 15 is 0 Å². The quantitative estimate of drug-likeness (QED) is 0.536. The van der Waals surface area contributed by atoms with E-state index < -0.39 is 0 Å². The van der Waals surface area contributed by atoms with Crippen LogP contribution in [-0.4, -0.2) is 53.5 Å². The van der Waals surface area contributed by atoms with Gasteiger partial charge in [0, 0.05) is 37.6 Å². The van der Waals surface area contributed by atoms with E-state index in [0.717, 1.165) is 18.2 Å². The molecule has 1 fully saturated rings. The molecule has 0 spiro atoms. The zero-order chi connectivity index (χ0) is 15.1. The van der Waals surface area contributed by atoms with Crippen molar-refractivity contribution >= 4 is 22.9 Å². The van der Waals surface area contributed by atoms with Gasteiger partial charge in [0.1, 0.15) is 0 Å². The van der Waals surface area contributed by atoms with Crippen LogP contribution in [0, 0.1) is 0 Å². The van der Waals surface area contributed by atoms with E-state index in [4.69, 9.17) is 11.6 Å². The fourth-order valence-corrected chi connectivity index (χ4v) is 3.89. The Labute approximate surface area is 138 Å². The number of alkyl halides is 1. The summed E-state index contributed by atoms with van der Waals surface area (Å²) < 4.78 is 0. The molecule has 0 aliphatic carbocycles. The highest BCUT2D eigenvalue weighted by Crippen LogP contribution is 2.15. The maximum atomic E-state index is 5.78. The minimum absolute atomic E-state index is 0.539. The number of hydrogen-bond acceptors (Lipinski definition) is 4. The van der Waals surface area contributed by atoms with E-state index in [1.54, 1.807) is 11.3 Å². The lowest BCUT2D eigenvalue weighted by Crippen LogP contribution is -2.49. The summed E-state index contributed by atoms with van der Waals surface area (Å²) in [6.45, 7) is 10.8. The minimum Gasteiger partial charge on any atom is -0.301 e. The van der Waals surface area contributed by atoms with Crippen LogP contribution < -0.4 is 0 Å².